The van der Waals surface area contributed by atoms with Gasteiger partial charge in [0.2, 0.25) is 10.0 Å². The molecule has 0 spiro atoms. The van der Waals surface area contributed by atoms with Crippen molar-refractivity contribution in [1.82, 2.24) is 4.31 Å². The Kier molecular flexibility index (Phi) is 4.23. The summed E-state index contributed by atoms with van der Waals surface area (Å²) in [6, 6.07) is 3.62. The maximum Gasteiger partial charge on any atom is 0.243 e. The standard InChI is InChI=1S/C14H20ClNO2S/c1-10-6-11(2)14(7-13(10)8-15)19(17,18)16(3)9-12-4-5-12/h6-7,12H,4-5,8-9H2,1-3H3. The highest BCUT2D eigenvalue weighted by atomic mass is 35.5. The van der Waals surface area contributed by atoms with Gasteiger partial charge in [0.15, 0.2) is 0 Å². The molecule has 0 aliphatic heterocycles. The van der Waals surface area contributed by atoms with Crippen molar-refractivity contribution in [2.75, 3.05) is 13.6 Å². The van der Waals surface area contributed by atoms with Gasteiger partial charge in [0.05, 0.1) is 4.90 Å². The molecule has 1 aromatic rings. The van der Waals surface area contributed by atoms with Crippen LogP contribution in [0.4, 0.5) is 0 Å². The van der Waals surface area contributed by atoms with E-state index in [-0.39, 0.29) is 0 Å². The zero-order valence-corrected chi connectivity index (χ0v) is 13.2. The van der Waals surface area contributed by atoms with Crippen LogP contribution in [0.5, 0.6) is 0 Å². The fourth-order valence-electron chi connectivity index (χ4n) is 2.23. The molecular formula is C14H20ClNO2S. The lowest BCUT2D eigenvalue weighted by atomic mass is 10.1. The Hall–Kier alpha value is -0.580. The summed E-state index contributed by atoms with van der Waals surface area (Å²) in [5, 5.41) is 0. The topological polar surface area (TPSA) is 37.4 Å². The number of rotatable bonds is 5. The largest absolute Gasteiger partial charge is 0.243 e. The second-order valence-corrected chi connectivity index (χ2v) is 7.69. The van der Waals surface area contributed by atoms with Crippen molar-refractivity contribution < 1.29 is 8.42 Å². The molecule has 0 radical (unpaired) electrons. The second kappa shape index (κ2) is 5.43. The summed E-state index contributed by atoms with van der Waals surface area (Å²) in [6.45, 7) is 4.41. The summed E-state index contributed by atoms with van der Waals surface area (Å²) >= 11 is 5.87. The average molecular weight is 302 g/mol. The number of alkyl halides is 1. The Morgan fingerprint density at radius 3 is 2.42 bits per heavy atom. The van der Waals surface area contributed by atoms with Crippen LogP contribution in [-0.4, -0.2) is 26.3 Å². The Labute approximate surface area is 120 Å². The predicted octanol–water partition coefficient (Wildman–Crippen LogP) is 3.07. The van der Waals surface area contributed by atoms with Gasteiger partial charge in [-0.25, -0.2) is 12.7 Å². The summed E-state index contributed by atoms with van der Waals surface area (Å²) < 4.78 is 26.6. The van der Waals surface area contributed by atoms with Gasteiger partial charge in [-0.1, -0.05) is 6.07 Å². The van der Waals surface area contributed by atoms with Crippen LogP contribution in [-0.2, 0) is 15.9 Å². The molecule has 0 unspecified atom stereocenters. The van der Waals surface area contributed by atoms with Gasteiger partial charge >= 0.3 is 0 Å². The van der Waals surface area contributed by atoms with E-state index < -0.39 is 10.0 Å². The first-order chi connectivity index (χ1) is 8.86. The van der Waals surface area contributed by atoms with Crippen molar-refractivity contribution in [1.29, 1.82) is 0 Å². The molecule has 0 saturated heterocycles. The van der Waals surface area contributed by atoms with E-state index >= 15 is 0 Å². The molecule has 1 aromatic carbocycles. The molecule has 1 saturated carbocycles. The number of hydrogen-bond acceptors (Lipinski definition) is 2. The molecule has 1 aliphatic rings. The van der Waals surface area contributed by atoms with E-state index in [9.17, 15) is 8.42 Å². The molecule has 0 heterocycles. The lowest BCUT2D eigenvalue weighted by Crippen LogP contribution is -2.29. The van der Waals surface area contributed by atoms with Gasteiger partial charge in [-0.2, -0.15) is 0 Å². The van der Waals surface area contributed by atoms with Gasteiger partial charge in [0, 0.05) is 19.5 Å². The first-order valence-electron chi connectivity index (χ1n) is 6.48. The van der Waals surface area contributed by atoms with Crippen molar-refractivity contribution in [2.45, 2.75) is 37.5 Å². The lowest BCUT2D eigenvalue weighted by Gasteiger charge is -2.19. The fraction of sp³-hybridized carbons (Fsp3) is 0.571. The van der Waals surface area contributed by atoms with Crippen molar-refractivity contribution >= 4 is 21.6 Å². The number of hydrogen-bond donors (Lipinski definition) is 0. The molecule has 1 aliphatic carbocycles. The molecule has 0 N–H and O–H groups in total. The smallest absolute Gasteiger partial charge is 0.207 e. The van der Waals surface area contributed by atoms with Crippen molar-refractivity contribution in [3.63, 3.8) is 0 Å². The van der Waals surface area contributed by atoms with Gasteiger partial charge < -0.3 is 0 Å². The minimum Gasteiger partial charge on any atom is -0.207 e. The van der Waals surface area contributed by atoms with E-state index in [2.05, 4.69) is 0 Å². The number of aryl methyl sites for hydroxylation is 2. The normalized spacial score (nSPS) is 16.1. The highest BCUT2D eigenvalue weighted by molar-refractivity contribution is 7.89. The van der Waals surface area contributed by atoms with Crippen molar-refractivity contribution in [3.05, 3.63) is 28.8 Å². The summed E-state index contributed by atoms with van der Waals surface area (Å²) in [5.41, 5.74) is 2.70. The Morgan fingerprint density at radius 1 is 1.26 bits per heavy atom. The SMILES string of the molecule is Cc1cc(C)c(S(=O)(=O)N(C)CC2CC2)cc1CCl. The van der Waals surface area contributed by atoms with Crippen LogP contribution in [0.15, 0.2) is 17.0 Å². The third-order valence-electron chi connectivity index (χ3n) is 3.68. The molecule has 2 rings (SSSR count). The minimum atomic E-state index is -3.40. The molecule has 106 valence electrons. The fourth-order valence-corrected chi connectivity index (χ4v) is 4.01. The van der Waals surface area contributed by atoms with E-state index in [1.807, 2.05) is 19.9 Å². The molecule has 0 aromatic heterocycles. The van der Waals surface area contributed by atoms with E-state index in [0.29, 0.717) is 23.2 Å². The second-order valence-electron chi connectivity index (χ2n) is 5.41. The van der Waals surface area contributed by atoms with Crippen LogP contribution in [0.25, 0.3) is 0 Å². The summed E-state index contributed by atoms with van der Waals surface area (Å²) in [6.07, 6.45) is 2.28. The van der Waals surface area contributed by atoms with E-state index in [1.54, 1.807) is 13.1 Å². The van der Waals surface area contributed by atoms with Gasteiger partial charge in [0.1, 0.15) is 0 Å². The first kappa shape index (κ1) is 14.8. The molecule has 5 heteroatoms. The quantitative estimate of drug-likeness (QED) is 0.784. The zero-order chi connectivity index (χ0) is 14.2. The van der Waals surface area contributed by atoms with Gasteiger partial charge in [-0.15, -0.1) is 11.6 Å². The molecule has 1 fully saturated rings. The molecule has 3 nitrogen and oxygen atoms in total. The third kappa shape index (κ3) is 3.12. The average Bonchev–Trinajstić information content (AvgIpc) is 3.12. The molecule has 19 heavy (non-hydrogen) atoms. The van der Waals surface area contributed by atoms with Crippen LogP contribution in [0.2, 0.25) is 0 Å². The first-order valence-corrected chi connectivity index (χ1v) is 8.46. The Morgan fingerprint density at radius 2 is 1.89 bits per heavy atom. The number of nitrogens with zero attached hydrogens (tertiary/aromatic N) is 1. The van der Waals surface area contributed by atoms with Crippen LogP contribution in [0.1, 0.15) is 29.5 Å². The Bertz CT molecular complexity index is 579. The van der Waals surface area contributed by atoms with Crippen LogP contribution in [0, 0.1) is 19.8 Å². The number of sulfonamides is 1. The Balaban J connectivity index is 2.38. The van der Waals surface area contributed by atoms with Gasteiger partial charge in [0.25, 0.3) is 0 Å². The minimum absolute atomic E-state index is 0.334. The monoisotopic (exact) mass is 301 g/mol. The summed E-state index contributed by atoms with van der Waals surface area (Å²) in [5.74, 6) is 0.874. The number of benzene rings is 1. The van der Waals surface area contributed by atoms with Crippen LogP contribution < -0.4 is 0 Å². The van der Waals surface area contributed by atoms with Gasteiger partial charge in [-0.3, -0.25) is 0 Å². The molecule has 0 atom stereocenters. The summed E-state index contributed by atoms with van der Waals surface area (Å²) in [4.78, 5) is 0.386. The van der Waals surface area contributed by atoms with Crippen molar-refractivity contribution in [2.24, 2.45) is 5.92 Å². The maximum absolute atomic E-state index is 12.6. The highest BCUT2D eigenvalue weighted by Crippen LogP contribution is 2.32. The van der Waals surface area contributed by atoms with E-state index in [4.69, 9.17) is 11.6 Å². The molecule has 0 amide bonds. The van der Waals surface area contributed by atoms with Gasteiger partial charge in [-0.05, 0) is 55.4 Å². The predicted molar refractivity (Wildman–Crippen MR) is 78.0 cm³/mol. The number of halogens is 1. The summed E-state index contributed by atoms with van der Waals surface area (Å²) in [7, 11) is -1.74. The van der Waals surface area contributed by atoms with Crippen LogP contribution >= 0.6 is 11.6 Å². The zero-order valence-electron chi connectivity index (χ0n) is 11.6. The molecular weight excluding hydrogens is 282 g/mol. The third-order valence-corrected chi connectivity index (χ3v) is 5.93. The van der Waals surface area contributed by atoms with Crippen LogP contribution in [0.3, 0.4) is 0 Å². The molecule has 0 bridgehead atoms. The lowest BCUT2D eigenvalue weighted by molar-refractivity contribution is 0.452. The highest BCUT2D eigenvalue weighted by Gasteiger charge is 2.30. The van der Waals surface area contributed by atoms with Crippen molar-refractivity contribution in [3.8, 4) is 0 Å². The van der Waals surface area contributed by atoms with E-state index in [1.165, 1.54) is 4.31 Å². The van der Waals surface area contributed by atoms with E-state index in [0.717, 1.165) is 29.5 Å². The maximum atomic E-state index is 12.6.